The summed E-state index contributed by atoms with van der Waals surface area (Å²) >= 11 is 0. The van der Waals surface area contributed by atoms with E-state index in [4.69, 9.17) is 10.5 Å². The van der Waals surface area contributed by atoms with Crippen LogP contribution in [0.3, 0.4) is 0 Å². The molecule has 0 spiro atoms. The second kappa shape index (κ2) is 6.28. The Morgan fingerprint density at radius 1 is 1.44 bits per heavy atom. The standard InChI is InChI=1S/C14H22N2O2/c1-5-11(4)16-13(17)8-18-14-10(3)6-9(2)7-12(14)15/h6-7,11H,5,8,15H2,1-4H3,(H,16,17). The van der Waals surface area contributed by atoms with Crippen LogP contribution in [0.2, 0.25) is 0 Å². The fourth-order valence-corrected chi connectivity index (χ4v) is 1.74. The molecule has 4 nitrogen and oxygen atoms in total. The number of nitrogens with two attached hydrogens (primary N) is 1. The molecule has 4 heteroatoms. The van der Waals surface area contributed by atoms with Crippen molar-refractivity contribution >= 4 is 11.6 Å². The Bertz CT molecular complexity index is 407. The van der Waals surface area contributed by atoms with E-state index in [1.807, 2.05) is 39.8 Å². The van der Waals surface area contributed by atoms with Gasteiger partial charge in [0.05, 0.1) is 5.69 Å². The van der Waals surface area contributed by atoms with E-state index in [2.05, 4.69) is 5.32 Å². The van der Waals surface area contributed by atoms with Crippen molar-refractivity contribution in [3.8, 4) is 5.75 Å². The van der Waals surface area contributed by atoms with Crippen LogP contribution in [-0.2, 0) is 4.79 Å². The van der Waals surface area contributed by atoms with Gasteiger partial charge in [-0.2, -0.15) is 0 Å². The van der Waals surface area contributed by atoms with Gasteiger partial charge in [-0.3, -0.25) is 4.79 Å². The number of hydrogen-bond acceptors (Lipinski definition) is 3. The average molecular weight is 250 g/mol. The Hall–Kier alpha value is -1.71. The van der Waals surface area contributed by atoms with Crippen LogP contribution in [0.1, 0.15) is 31.4 Å². The lowest BCUT2D eigenvalue weighted by Gasteiger charge is -2.14. The average Bonchev–Trinajstić information content (AvgIpc) is 2.27. The maximum Gasteiger partial charge on any atom is 0.258 e. The number of amides is 1. The summed E-state index contributed by atoms with van der Waals surface area (Å²) in [5.74, 6) is 0.476. The second-order valence-corrected chi connectivity index (χ2v) is 4.67. The molecular weight excluding hydrogens is 228 g/mol. The molecule has 0 aliphatic rings. The highest BCUT2D eigenvalue weighted by molar-refractivity contribution is 5.78. The smallest absolute Gasteiger partial charge is 0.258 e. The number of ether oxygens (including phenoxy) is 1. The zero-order valence-corrected chi connectivity index (χ0v) is 11.5. The largest absolute Gasteiger partial charge is 0.481 e. The minimum absolute atomic E-state index is 0.00155. The molecule has 0 heterocycles. The van der Waals surface area contributed by atoms with Gasteiger partial charge >= 0.3 is 0 Å². The third-order valence-corrected chi connectivity index (χ3v) is 2.82. The zero-order valence-electron chi connectivity index (χ0n) is 11.5. The van der Waals surface area contributed by atoms with Gasteiger partial charge < -0.3 is 15.8 Å². The topological polar surface area (TPSA) is 64.3 Å². The van der Waals surface area contributed by atoms with Crippen LogP contribution >= 0.6 is 0 Å². The summed E-state index contributed by atoms with van der Waals surface area (Å²) in [7, 11) is 0. The molecule has 0 aliphatic carbocycles. The molecule has 0 bridgehead atoms. The van der Waals surface area contributed by atoms with Crippen LogP contribution in [0.4, 0.5) is 5.69 Å². The summed E-state index contributed by atoms with van der Waals surface area (Å²) in [6.07, 6.45) is 0.900. The molecule has 0 aliphatic heterocycles. The number of nitrogens with one attached hydrogen (secondary N) is 1. The lowest BCUT2D eigenvalue weighted by molar-refractivity contribution is -0.123. The molecule has 18 heavy (non-hydrogen) atoms. The Morgan fingerprint density at radius 2 is 2.11 bits per heavy atom. The number of nitrogen functional groups attached to an aromatic ring is 1. The third kappa shape index (κ3) is 3.95. The predicted octanol–water partition coefficient (Wildman–Crippen LogP) is 2.18. The van der Waals surface area contributed by atoms with Crippen molar-refractivity contribution < 1.29 is 9.53 Å². The Balaban J connectivity index is 2.61. The number of rotatable bonds is 5. The van der Waals surface area contributed by atoms with E-state index < -0.39 is 0 Å². The van der Waals surface area contributed by atoms with Gasteiger partial charge in [-0.15, -0.1) is 0 Å². The van der Waals surface area contributed by atoms with Gasteiger partial charge in [-0.1, -0.05) is 13.0 Å². The molecule has 0 saturated heterocycles. The van der Waals surface area contributed by atoms with Gasteiger partial charge in [0.15, 0.2) is 6.61 Å². The van der Waals surface area contributed by atoms with Crippen molar-refractivity contribution in [2.75, 3.05) is 12.3 Å². The van der Waals surface area contributed by atoms with E-state index in [1.54, 1.807) is 0 Å². The lowest BCUT2D eigenvalue weighted by atomic mass is 10.1. The van der Waals surface area contributed by atoms with Crippen LogP contribution in [0, 0.1) is 13.8 Å². The van der Waals surface area contributed by atoms with Crippen molar-refractivity contribution in [2.45, 2.75) is 40.2 Å². The van der Waals surface area contributed by atoms with E-state index in [1.165, 1.54) is 0 Å². The van der Waals surface area contributed by atoms with Crippen LogP contribution in [0.5, 0.6) is 5.75 Å². The van der Waals surface area contributed by atoms with Crippen molar-refractivity contribution in [3.63, 3.8) is 0 Å². The maximum atomic E-state index is 11.6. The van der Waals surface area contributed by atoms with E-state index in [-0.39, 0.29) is 18.6 Å². The third-order valence-electron chi connectivity index (χ3n) is 2.82. The van der Waals surface area contributed by atoms with Gasteiger partial charge in [0.25, 0.3) is 5.91 Å². The first kappa shape index (κ1) is 14.4. The molecule has 1 amide bonds. The number of aryl methyl sites for hydroxylation is 2. The van der Waals surface area contributed by atoms with Crippen molar-refractivity contribution in [1.29, 1.82) is 0 Å². The zero-order chi connectivity index (χ0) is 13.7. The van der Waals surface area contributed by atoms with Crippen LogP contribution in [-0.4, -0.2) is 18.6 Å². The highest BCUT2D eigenvalue weighted by Gasteiger charge is 2.10. The van der Waals surface area contributed by atoms with Crippen LogP contribution in [0.15, 0.2) is 12.1 Å². The van der Waals surface area contributed by atoms with Crippen molar-refractivity contribution in [3.05, 3.63) is 23.3 Å². The number of anilines is 1. The SMILES string of the molecule is CCC(C)NC(=O)COc1c(C)cc(C)cc1N. The van der Waals surface area contributed by atoms with E-state index in [0.29, 0.717) is 11.4 Å². The monoisotopic (exact) mass is 250 g/mol. The normalized spacial score (nSPS) is 12.0. The van der Waals surface area contributed by atoms with Gasteiger partial charge in [0, 0.05) is 6.04 Å². The molecular formula is C14H22N2O2. The molecule has 0 aromatic heterocycles. The summed E-state index contributed by atoms with van der Waals surface area (Å²) in [4.78, 5) is 11.6. The second-order valence-electron chi connectivity index (χ2n) is 4.67. The quantitative estimate of drug-likeness (QED) is 0.787. The molecule has 1 aromatic rings. The molecule has 100 valence electrons. The Labute approximate surface area is 109 Å². The summed E-state index contributed by atoms with van der Waals surface area (Å²) in [5, 5.41) is 2.85. The van der Waals surface area contributed by atoms with E-state index >= 15 is 0 Å². The molecule has 1 rings (SSSR count). The molecule has 1 atom stereocenters. The van der Waals surface area contributed by atoms with Gasteiger partial charge in [0.1, 0.15) is 5.75 Å². The van der Waals surface area contributed by atoms with Crippen LogP contribution in [0.25, 0.3) is 0 Å². The van der Waals surface area contributed by atoms with Gasteiger partial charge in [0.2, 0.25) is 0 Å². The summed E-state index contributed by atoms with van der Waals surface area (Å²) in [6, 6.07) is 3.99. The summed E-state index contributed by atoms with van der Waals surface area (Å²) < 4.78 is 5.49. The lowest BCUT2D eigenvalue weighted by Crippen LogP contribution is -2.35. The van der Waals surface area contributed by atoms with E-state index in [9.17, 15) is 4.79 Å². The highest BCUT2D eigenvalue weighted by atomic mass is 16.5. The minimum Gasteiger partial charge on any atom is -0.481 e. The molecule has 1 aromatic carbocycles. The fraction of sp³-hybridized carbons (Fsp3) is 0.500. The first-order valence-corrected chi connectivity index (χ1v) is 6.23. The van der Waals surface area contributed by atoms with E-state index in [0.717, 1.165) is 17.5 Å². The first-order valence-electron chi connectivity index (χ1n) is 6.23. The van der Waals surface area contributed by atoms with Crippen LogP contribution < -0.4 is 15.8 Å². The van der Waals surface area contributed by atoms with Gasteiger partial charge in [-0.05, 0) is 44.4 Å². The molecule has 0 radical (unpaired) electrons. The number of carbonyl (C=O) groups excluding carboxylic acids is 1. The molecule has 0 saturated carbocycles. The number of carbonyl (C=O) groups is 1. The van der Waals surface area contributed by atoms with Crippen molar-refractivity contribution in [1.82, 2.24) is 5.32 Å². The van der Waals surface area contributed by atoms with Crippen molar-refractivity contribution in [2.24, 2.45) is 0 Å². The molecule has 0 fully saturated rings. The molecule has 3 N–H and O–H groups in total. The summed E-state index contributed by atoms with van der Waals surface area (Å²) in [5.41, 5.74) is 8.48. The van der Waals surface area contributed by atoms with Gasteiger partial charge in [-0.25, -0.2) is 0 Å². The predicted molar refractivity (Wildman–Crippen MR) is 73.7 cm³/mol. The minimum atomic E-state index is -0.122. The Morgan fingerprint density at radius 3 is 2.67 bits per heavy atom. The number of hydrogen-bond donors (Lipinski definition) is 2. The maximum absolute atomic E-state index is 11.6. The first-order chi connectivity index (χ1) is 8.43. The summed E-state index contributed by atoms with van der Waals surface area (Å²) in [6.45, 7) is 7.88. The fourth-order valence-electron chi connectivity index (χ4n) is 1.74. The molecule has 1 unspecified atom stereocenters. The Kier molecular flexibility index (Phi) is 5.01. The highest BCUT2D eigenvalue weighted by Crippen LogP contribution is 2.27. The number of benzene rings is 1.